The number of amides is 2. The third-order valence-electron chi connectivity index (χ3n) is 3.90. The van der Waals surface area contributed by atoms with Crippen molar-refractivity contribution >= 4 is 33.7 Å². The van der Waals surface area contributed by atoms with Crippen LogP contribution in [0.25, 0.3) is 0 Å². The molecule has 1 aliphatic heterocycles. The van der Waals surface area contributed by atoms with Gasteiger partial charge in [0.05, 0.1) is 24.1 Å². The summed E-state index contributed by atoms with van der Waals surface area (Å²) in [5.41, 5.74) is 0.421. The Bertz CT molecular complexity index is 680. The first-order chi connectivity index (χ1) is 12.5. The average Bonchev–Trinajstić information content (AvgIpc) is 2.62. The molecule has 0 radical (unpaired) electrons. The van der Waals surface area contributed by atoms with Gasteiger partial charge in [-0.05, 0) is 47.5 Å². The standard InChI is InChI=1S/C18H23BrN2O5/c1-3-9-26-15-6-5-12(10-13(15)19)18(24)21-8-7-20-17(23)14(21)11-16(22)25-4-2/h5-6,10,14H,3-4,7-9,11H2,1-2H3,(H,20,23). The van der Waals surface area contributed by atoms with Crippen LogP contribution in [-0.2, 0) is 14.3 Å². The molecule has 1 fully saturated rings. The van der Waals surface area contributed by atoms with Crippen molar-refractivity contribution in [3.63, 3.8) is 0 Å². The Hall–Kier alpha value is -2.09. The van der Waals surface area contributed by atoms with Gasteiger partial charge in [0.15, 0.2) is 0 Å². The molecule has 0 aliphatic carbocycles. The number of carbonyl (C=O) groups excluding carboxylic acids is 3. The van der Waals surface area contributed by atoms with Gasteiger partial charge in [0.1, 0.15) is 11.8 Å². The molecule has 2 amide bonds. The first-order valence-electron chi connectivity index (χ1n) is 8.64. The first kappa shape index (κ1) is 20.2. The summed E-state index contributed by atoms with van der Waals surface area (Å²) in [6.45, 7) is 5.20. The topological polar surface area (TPSA) is 84.9 Å². The molecule has 7 nitrogen and oxygen atoms in total. The molecule has 142 valence electrons. The van der Waals surface area contributed by atoms with E-state index in [1.807, 2.05) is 6.92 Å². The lowest BCUT2D eigenvalue weighted by Crippen LogP contribution is -2.57. The number of carbonyl (C=O) groups is 3. The van der Waals surface area contributed by atoms with Crippen LogP contribution in [0.15, 0.2) is 22.7 Å². The number of ether oxygens (including phenoxy) is 2. The smallest absolute Gasteiger partial charge is 0.308 e. The third kappa shape index (κ3) is 4.97. The second-order valence-electron chi connectivity index (χ2n) is 5.81. The predicted molar refractivity (Wildman–Crippen MR) is 99.0 cm³/mol. The van der Waals surface area contributed by atoms with Crippen molar-refractivity contribution in [2.24, 2.45) is 0 Å². The molecule has 2 rings (SSSR count). The van der Waals surface area contributed by atoms with Crippen LogP contribution in [0.1, 0.15) is 37.0 Å². The Balaban J connectivity index is 2.18. The van der Waals surface area contributed by atoms with Gasteiger partial charge in [-0.25, -0.2) is 0 Å². The van der Waals surface area contributed by atoms with E-state index in [1.165, 1.54) is 4.90 Å². The van der Waals surface area contributed by atoms with Gasteiger partial charge in [0.2, 0.25) is 5.91 Å². The molecule has 0 saturated carbocycles. The summed E-state index contributed by atoms with van der Waals surface area (Å²) >= 11 is 3.41. The number of hydrogen-bond acceptors (Lipinski definition) is 5. The largest absolute Gasteiger partial charge is 0.492 e. The lowest BCUT2D eigenvalue weighted by molar-refractivity contribution is -0.147. The molecule has 0 spiro atoms. The third-order valence-corrected chi connectivity index (χ3v) is 4.52. The van der Waals surface area contributed by atoms with Gasteiger partial charge in [0, 0.05) is 18.7 Å². The molecule has 1 aromatic carbocycles. The van der Waals surface area contributed by atoms with Crippen molar-refractivity contribution in [3.05, 3.63) is 28.2 Å². The van der Waals surface area contributed by atoms with E-state index in [-0.39, 0.29) is 24.8 Å². The van der Waals surface area contributed by atoms with E-state index in [0.717, 1.165) is 6.42 Å². The number of nitrogens with zero attached hydrogens (tertiary/aromatic N) is 1. The van der Waals surface area contributed by atoms with Crippen molar-refractivity contribution in [2.75, 3.05) is 26.3 Å². The minimum absolute atomic E-state index is 0.162. The van der Waals surface area contributed by atoms with Crippen LogP contribution in [-0.4, -0.2) is 55.0 Å². The molecular formula is C18H23BrN2O5. The highest BCUT2D eigenvalue weighted by Crippen LogP contribution is 2.27. The second kappa shape index (κ2) is 9.56. The van der Waals surface area contributed by atoms with Crippen molar-refractivity contribution in [3.8, 4) is 5.75 Å². The number of halogens is 1. The van der Waals surface area contributed by atoms with E-state index >= 15 is 0 Å². The lowest BCUT2D eigenvalue weighted by Gasteiger charge is -2.34. The van der Waals surface area contributed by atoms with Crippen LogP contribution < -0.4 is 10.1 Å². The molecule has 1 saturated heterocycles. The SMILES string of the molecule is CCCOc1ccc(C(=O)N2CCNC(=O)C2CC(=O)OCC)cc1Br. The highest BCUT2D eigenvalue weighted by Gasteiger charge is 2.35. The molecule has 1 heterocycles. The van der Waals surface area contributed by atoms with Crippen molar-refractivity contribution < 1.29 is 23.9 Å². The normalized spacial score (nSPS) is 16.8. The van der Waals surface area contributed by atoms with Crippen LogP contribution in [0.5, 0.6) is 5.75 Å². The minimum atomic E-state index is -0.870. The van der Waals surface area contributed by atoms with Gasteiger partial charge >= 0.3 is 5.97 Å². The van der Waals surface area contributed by atoms with Gasteiger partial charge in [-0.15, -0.1) is 0 Å². The summed E-state index contributed by atoms with van der Waals surface area (Å²) in [7, 11) is 0. The van der Waals surface area contributed by atoms with E-state index in [1.54, 1.807) is 25.1 Å². The summed E-state index contributed by atoms with van der Waals surface area (Å²) in [5.74, 6) is -0.504. The molecule has 1 unspecified atom stereocenters. The molecule has 8 heteroatoms. The summed E-state index contributed by atoms with van der Waals surface area (Å²) < 4.78 is 11.2. The number of benzene rings is 1. The highest BCUT2D eigenvalue weighted by atomic mass is 79.9. The van der Waals surface area contributed by atoms with E-state index < -0.39 is 12.0 Å². The second-order valence-corrected chi connectivity index (χ2v) is 6.66. The Morgan fingerprint density at radius 1 is 1.35 bits per heavy atom. The van der Waals surface area contributed by atoms with Crippen LogP contribution in [0.2, 0.25) is 0 Å². The zero-order chi connectivity index (χ0) is 19.1. The maximum absolute atomic E-state index is 12.9. The lowest BCUT2D eigenvalue weighted by atomic mass is 10.1. The van der Waals surface area contributed by atoms with Crippen molar-refractivity contribution in [1.29, 1.82) is 0 Å². The molecule has 26 heavy (non-hydrogen) atoms. The molecular weight excluding hydrogens is 404 g/mol. The zero-order valence-corrected chi connectivity index (χ0v) is 16.5. The maximum Gasteiger partial charge on any atom is 0.308 e. The van der Waals surface area contributed by atoms with E-state index in [0.29, 0.717) is 35.5 Å². The maximum atomic E-state index is 12.9. The number of esters is 1. The Morgan fingerprint density at radius 3 is 2.77 bits per heavy atom. The zero-order valence-electron chi connectivity index (χ0n) is 14.9. The summed E-state index contributed by atoms with van der Waals surface area (Å²) in [5, 5.41) is 2.69. The van der Waals surface area contributed by atoms with E-state index in [2.05, 4.69) is 21.2 Å². The molecule has 1 N–H and O–H groups in total. The van der Waals surface area contributed by atoms with Crippen LogP contribution in [0, 0.1) is 0 Å². The van der Waals surface area contributed by atoms with Gasteiger partial charge in [0.25, 0.3) is 5.91 Å². The van der Waals surface area contributed by atoms with Crippen LogP contribution >= 0.6 is 15.9 Å². The highest BCUT2D eigenvalue weighted by molar-refractivity contribution is 9.10. The summed E-state index contributed by atoms with van der Waals surface area (Å²) in [6.07, 6.45) is 0.718. The fraction of sp³-hybridized carbons (Fsp3) is 0.500. The van der Waals surface area contributed by atoms with Crippen molar-refractivity contribution in [1.82, 2.24) is 10.2 Å². The average molecular weight is 427 g/mol. The summed E-state index contributed by atoms with van der Waals surface area (Å²) in [4.78, 5) is 38.3. The summed E-state index contributed by atoms with van der Waals surface area (Å²) in [6, 6.07) is 4.18. The van der Waals surface area contributed by atoms with Crippen molar-refractivity contribution in [2.45, 2.75) is 32.7 Å². The fourth-order valence-electron chi connectivity index (χ4n) is 2.67. The fourth-order valence-corrected chi connectivity index (χ4v) is 3.16. The Kier molecular flexibility index (Phi) is 7.44. The number of nitrogens with one attached hydrogen (secondary N) is 1. The Morgan fingerprint density at radius 2 is 2.12 bits per heavy atom. The quantitative estimate of drug-likeness (QED) is 0.674. The molecule has 0 aromatic heterocycles. The first-order valence-corrected chi connectivity index (χ1v) is 9.43. The predicted octanol–water partition coefficient (Wildman–Crippen LogP) is 2.13. The monoisotopic (exact) mass is 426 g/mol. The number of rotatable bonds is 7. The van der Waals surface area contributed by atoms with Gasteiger partial charge in [-0.2, -0.15) is 0 Å². The van der Waals surface area contributed by atoms with E-state index in [4.69, 9.17) is 9.47 Å². The molecule has 1 aromatic rings. The number of hydrogen-bond donors (Lipinski definition) is 1. The van der Waals surface area contributed by atoms with Gasteiger partial charge < -0.3 is 19.7 Å². The molecule has 0 bridgehead atoms. The Labute approximate surface area is 161 Å². The van der Waals surface area contributed by atoms with Crippen LogP contribution in [0.4, 0.5) is 0 Å². The van der Waals surface area contributed by atoms with Crippen LogP contribution in [0.3, 0.4) is 0 Å². The molecule has 1 atom stereocenters. The number of piperazine rings is 1. The minimum Gasteiger partial charge on any atom is -0.492 e. The van der Waals surface area contributed by atoms with Gasteiger partial charge in [-0.1, -0.05) is 6.92 Å². The van der Waals surface area contributed by atoms with Gasteiger partial charge in [-0.3, -0.25) is 14.4 Å². The molecule has 1 aliphatic rings. The van der Waals surface area contributed by atoms with E-state index in [9.17, 15) is 14.4 Å².